The Hall–Kier alpha value is -2.41. The maximum Gasteiger partial charge on any atom is 0.244 e. The van der Waals surface area contributed by atoms with Crippen molar-refractivity contribution in [1.29, 1.82) is 0 Å². The summed E-state index contributed by atoms with van der Waals surface area (Å²) in [6.45, 7) is 0.317. The monoisotopic (exact) mass is 358 g/mol. The highest BCUT2D eigenvalue weighted by atomic mass is 32.1. The number of nitrogens with zero attached hydrogens (tertiary/aromatic N) is 2. The first-order chi connectivity index (χ1) is 12.1. The summed E-state index contributed by atoms with van der Waals surface area (Å²) in [7, 11) is 1.80. The second-order valence-electron chi connectivity index (χ2n) is 6.15. The molecular formula is C18H22N4O2S. The molecule has 2 N–H and O–H groups in total. The molecule has 0 radical (unpaired) electrons. The van der Waals surface area contributed by atoms with Crippen molar-refractivity contribution < 1.29 is 9.53 Å². The van der Waals surface area contributed by atoms with Gasteiger partial charge in [0.05, 0.1) is 12.6 Å². The van der Waals surface area contributed by atoms with E-state index in [1.807, 2.05) is 24.3 Å². The molecule has 2 aromatic rings. The van der Waals surface area contributed by atoms with Gasteiger partial charge in [0.1, 0.15) is 5.75 Å². The first-order valence-electron chi connectivity index (χ1n) is 8.45. The van der Waals surface area contributed by atoms with Crippen LogP contribution in [0.2, 0.25) is 0 Å². The third kappa shape index (κ3) is 4.79. The number of rotatable bonds is 6. The van der Waals surface area contributed by atoms with Gasteiger partial charge in [0.15, 0.2) is 10.6 Å². The Labute approximate surface area is 151 Å². The molecule has 25 heavy (non-hydrogen) atoms. The summed E-state index contributed by atoms with van der Waals surface area (Å²) >= 11 is 5.04. The number of hydrogen-bond acceptors (Lipinski definition) is 4. The molecule has 1 heterocycles. The predicted molar refractivity (Wildman–Crippen MR) is 98.6 cm³/mol. The molecule has 0 unspecified atom stereocenters. The van der Waals surface area contributed by atoms with Crippen molar-refractivity contribution in [1.82, 2.24) is 20.1 Å². The van der Waals surface area contributed by atoms with Gasteiger partial charge in [-0.1, -0.05) is 12.1 Å². The zero-order chi connectivity index (χ0) is 17.6. The van der Waals surface area contributed by atoms with Crippen LogP contribution in [0, 0.1) is 4.77 Å². The van der Waals surface area contributed by atoms with Gasteiger partial charge in [0, 0.05) is 13.1 Å². The van der Waals surface area contributed by atoms with Gasteiger partial charge >= 0.3 is 0 Å². The molecule has 1 aromatic carbocycles. The lowest BCUT2D eigenvalue weighted by atomic mass is 10.2. The van der Waals surface area contributed by atoms with Crippen molar-refractivity contribution in [2.24, 2.45) is 7.05 Å². The molecule has 1 fully saturated rings. The number of carbonyl (C=O) groups excluding carboxylic acids is 1. The van der Waals surface area contributed by atoms with Gasteiger partial charge in [0.2, 0.25) is 5.91 Å². The van der Waals surface area contributed by atoms with Crippen molar-refractivity contribution in [3.8, 4) is 5.75 Å². The lowest BCUT2D eigenvalue weighted by Gasteiger charge is -2.13. The molecule has 132 valence electrons. The highest BCUT2D eigenvalue weighted by molar-refractivity contribution is 7.71. The van der Waals surface area contributed by atoms with Crippen molar-refractivity contribution in [3.05, 3.63) is 46.5 Å². The highest BCUT2D eigenvalue weighted by Gasteiger charge is 2.16. The molecule has 0 saturated heterocycles. The van der Waals surface area contributed by atoms with Crippen molar-refractivity contribution in [3.63, 3.8) is 0 Å². The topological polar surface area (TPSA) is 71.9 Å². The Kier molecular flexibility index (Phi) is 5.65. The molecular weight excluding hydrogens is 336 g/mol. The average Bonchev–Trinajstić information content (AvgIpc) is 3.23. The molecule has 7 heteroatoms. The second kappa shape index (κ2) is 8.11. The number of hydrogen-bond donors (Lipinski definition) is 2. The number of aromatic amines is 1. The molecule has 0 bridgehead atoms. The minimum Gasteiger partial charge on any atom is -0.490 e. The zero-order valence-corrected chi connectivity index (χ0v) is 15.0. The number of benzene rings is 1. The van der Waals surface area contributed by atoms with Crippen LogP contribution in [0.1, 0.15) is 37.1 Å². The van der Waals surface area contributed by atoms with Crippen LogP contribution in [0.4, 0.5) is 0 Å². The fourth-order valence-electron chi connectivity index (χ4n) is 2.82. The normalized spacial score (nSPS) is 14.9. The Morgan fingerprint density at radius 2 is 2.28 bits per heavy atom. The van der Waals surface area contributed by atoms with E-state index in [0.717, 1.165) is 24.2 Å². The maximum atomic E-state index is 12.0. The first-order valence-corrected chi connectivity index (χ1v) is 8.85. The maximum absolute atomic E-state index is 12.0. The Morgan fingerprint density at radius 1 is 1.48 bits per heavy atom. The van der Waals surface area contributed by atoms with Gasteiger partial charge in [0.25, 0.3) is 0 Å². The average molecular weight is 358 g/mol. The van der Waals surface area contributed by atoms with Crippen molar-refractivity contribution >= 4 is 24.2 Å². The minimum absolute atomic E-state index is 0.184. The third-order valence-corrected chi connectivity index (χ3v) is 4.65. The fraction of sp³-hybridized carbons (Fsp3) is 0.389. The highest BCUT2D eigenvalue weighted by Crippen LogP contribution is 2.24. The van der Waals surface area contributed by atoms with E-state index >= 15 is 0 Å². The van der Waals surface area contributed by atoms with E-state index in [2.05, 4.69) is 15.5 Å². The summed E-state index contributed by atoms with van der Waals surface area (Å²) in [6, 6.07) is 7.80. The van der Waals surface area contributed by atoms with Gasteiger partial charge in [-0.15, -0.1) is 0 Å². The SMILES string of the molecule is Cn1c(CNC(=O)/C=C/c2cccc(OC3CCCC3)c2)n[nH]c1=S. The van der Waals surface area contributed by atoms with E-state index < -0.39 is 0 Å². The van der Waals surface area contributed by atoms with Gasteiger partial charge in [-0.05, 0) is 61.7 Å². The van der Waals surface area contributed by atoms with E-state index in [1.54, 1.807) is 17.7 Å². The van der Waals surface area contributed by atoms with Crippen LogP contribution < -0.4 is 10.1 Å². The molecule has 0 spiro atoms. The van der Waals surface area contributed by atoms with Crippen LogP contribution in [-0.2, 0) is 18.4 Å². The van der Waals surface area contributed by atoms with E-state index in [-0.39, 0.29) is 5.91 Å². The van der Waals surface area contributed by atoms with Crippen molar-refractivity contribution in [2.45, 2.75) is 38.3 Å². The molecule has 1 aromatic heterocycles. The summed E-state index contributed by atoms with van der Waals surface area (Å²) in [5.74, 6) is 1.35. The Morgan fingerprint density at radius 3 is 3.00 bits per heavy atom. The third-order valence-electron chi connectivity index (χ3n) is 4.28. The van der Waals surface area contributed by atoms with Crippen LogP contribution >= 0.6 is 12.2 Å². The van der Waals surface area contributed by atoms with Gasteiger partial charge < -0.3 is 14.6 Å². The fourth-order valence-corrected chi connectivity index (χ4v) is 2.98. The van der Waals surface area contributed by atoms with Crippen LogP contribution in [-0.4, -0.2) is 26.8 Å². The second-order valence-corrected chi connectivity index (χ2v) is 6.54. The van der Waals surface area contributed by atoms with Crippen molar-refractivity contribution in [2.75, 3.05) is 0 Å². The largest absolute Gasteiger partial charge is 0.490 e. The number of carbonyl (C=O) groups is 1. The van der Waals surface area contributed by atoms with E-state index in [0.29, 0.717) is 23.2 Å². The van der Waals surface area contributed by atoms with Gasteiger partial charge in [-0.25, -0.2) is 0 Å². The number of H-pyrrole nitrogens is 1. The van der Waals surface area contributed by atoms with E-state index in [4.69, 9.17) is 17.0 Å². The van der Waals surface area contributed by atoms with Crippen LogP contribution in [0.25, 0.3) is 6.08 Å². The zero-order valence-electron chi connectivity index (χ0n) is 14.2. The standard InChI is InChI=1S/C18H22N4O2S/c1-22-16(20-21-18(22)25)12-19-17(23)10-9-13-5-4-8-15(11-13)24-14-6-2-3-7-14/h4-5,8-11,14H,2-3,6-7,12H2,1H3,(H,19,23)(H,21,25)/b10-9+. The molecule has 0 atom stereocenters. The summed E-state index contributed by atoms with van der Waals surface area (Å²) < 4.78 is 8.24. The lowest BCUT2D eigenvalue weighted by Crippen LogP contribution is -2.22. The summed E-state index contributed by atoms with van der Waals surface area (Å²) in [6.07, 6.45) is 8.34. The van der Waals surface area contributed by atoms with Crippen LogP contribution in [0.15, 0.2) is 30.3 Å². The van der Waals surface area contributed by atoms with Gasteiger partial charge in [-0.3, -0.25) is 9.89 Å². The number of aromatic nitrogens is 3. The first kappa shape index (κ1) is 17.4. The Bertz CT molecular complexity index is 818. The number of amides is 1. The quantitative estimate of drug-likeness (QED) is 0.615. The van der Waals surface area contributed by atoms with E-state index in [1.165, 1.54) is 18.9 Å². The Balaban J connectivity index is 1.54. The van der Waals surface area contributed by atoms with E-state index in [9.17, 15) is 4.79 Å². The summed E-state index contributed by atoms with van der Waals surface area (Å²) in [5, 5.41) is 9.53. The molecule has 1 saturated carbocycles. The molecule has 6 nitrogen and oxygen atoms in total. The van der Waals surface area contributed by atoms with Crippen LogP contribution in [0.3, 0.4) is 0 Å². The molecule has 1 aliphatic carbocycles. The smallest absolute Gasteiger partial charge is 0.244 e. The predicted octanol–water partition coefficient (Wildman–Crippen LogP) is 3.13. The lowest BCUT2D eigenvalue weighted by molar-refractivity contribution is -0.116. The minimum atomic E-state index is -0.184. The summed E-state index contributed by atoms with van der Waals surface area (Å²) in [5.41, 5.74) is 0.934. The molecule has 0 aliphatic heterocycles. The number of ether oxygens (including phenoxy) is 1. The molecule has 1 amide bonds. The summed E-state index contributed by atoms with van der Waals surface area (Å²) in [4.78, 5) is 12.0. The van der Waals surface area contributed by atoms with Crippen LogP contribution in [0.5, 0.6) is 5.75 Å². The molecule has 3 rings (SSSR count). The van der Waals surface area contributed by atoms with Gasteiger partial charge in [-0.2, -0.15) is 5.10 Å². The number of nitrogens with one attached hydrogen (secondary N) is 2. The molecule has 1 aliphatic rings.